The fraction of sp³-hybridized carbons (Fsp3) is 1.00. The highest BCUT2D eigenvalue weighted by atomic mass is 31.2. The lowest BCUT2D eigenvalue weighted by molar-refractivity contribution is -0.124. The molecular formula is C5H9F2O4P. The quantitative estimate of drug-likeness (QED) is 0.657. The average molecular weight is 202 g/mol. The van der Waals surface area contributed by atoms with Crippen LogP contribution in [0.25, 0.3) is 0 Å². The van der Waals surface area contributed by atoms with Gasteiger partial charge in [0.05, 0.1) is 6.10 Å². The first-order chi connectivity index (χ1) is 5.70. The summed E-state index contributed by atoms with van der Waals surface area (Å²) in [7, 11) is -4.56. The van der Waals surface area contributed by atoms with Crippen molar-refractivity contribution in [3.8, 4) is 0 Å². The number of phosphoric acid groups is 1. The zero-order valence-corrected chi connectivity index (χ0v) is 7.14. The molecule has 1 rings (SSSR count). The van der Waals surface area contributed by atoms with Gasteiger partial charge in [-0.05, 0) is 21.9 Å². The van der Waals surface area contributed by atoms with Gasteiger partial charge in [-0.2, -0.15) is 0 Å². The Morgan fingerprint density at radius 2 is 1.67 bits per heavy atom. The number of halogens is 2. The van der Waals surface area contributed by atoms with E-state index in [0.29, 0.717) is 12.8 Å². The van der Waals surface area contributed by atoms with E-state index >= 15 is 0 Å². The summed E-state index contributed by atoms with van der Waals surface area (Å²) < 4.78 is 43.6. The van der Waals surface area contributed by atoms with E-state index in [1.165, 1.54) is 0 Å². The van der Waals surface area contributed by atoms with Crippen LogP contribution in [-0.2, 0) is 18.5 Å². The summed E-state index contributed by atoms with van der Waals surface area (Å²) >= 11 is 0. The summed E-state index contributed by atoms with van der Waals surface area (Å²) in [6.07, 6.45) is 2.60. The van der Waals surface area contributed by atoms with Gasteiger partial charge in [0.1, 0.15) is 0 Å². The Morgan fingerprint density at radius 1 is 1.17 bits per heavy atom. The predicted molar refractivity (Wildman–Crippen MR) is 35.3 cm³/mol. The SMILES string of the molecule is O=P(OF)(OF)OC1CCCC1. The Kier molecular flexibility index (Phi) is 3.58. The topological polar surface area (TPSA) is 44.8 Å². The number of rotatable bonds is 4. The lowest BCUT2D eigenvalue weighted by Crippen LogP contribution is -2.05. The number of hydrogen-bond acceptors (Lipinski definition) is 4. The molecule has 1 aliphatic carbocycles. The minimum Gasteiger partial charge on any atom is -0.280 e. The summed E-state index contributed by atoms with van der Waals surface area (Å²) in [5.41, 5.74) is 0. The lowest BCUT2D eigenvalue weighted by atomic mass is 10.3. The maximum atomic E-state index is 11.4. The Morgan fingerprint density at radius 3 is 2.08 bits per heavy atom. The normalized spacial score (nSPS) is 20.2. The van der Waals surface area contributed by atoms with Crippen LogP contribution in [0.2, 0.25) is 0 Å². The molecule has 1 saturated carbocycles. The van der Waals surface area contributed by atoms with Gasteiger partial charge in [-0.3, -0.25) is 4.52 Å². The highest BCUT2D eigenvalue weighted by Gasteiger charge is 2.34. The summed E-state index contributed by atoms with van der Waals surface area (Å²) in [5, 5.41) is 0. The van der Waals surface area contributed by atoms with Crippen LogP contribution in [0, 0.1) is 0 Å². The van der Waals surface area contributed by atoms with Crippen molar-refractivity contribution < 1.29 is 27.6 Å². The van der Waals surface area contributed by atoms with Crippen molar-refractivity contribution >= 4 is 7.82 Å². The molecule has 0 bridgehead atoms. The van der Waals surface area contributed by atoms with E-state index in [2.05, 4.69) is 14.0 Å². The highest BCUT2D eigenvalue weighted by molar-refractivity contribution is 7.48. The van der Waals surface area contributed by atoms with Crippen LogP contribution in [0.1, 0.15) is 25.7 Å². The zero-order valence-electron chi connectivity index (χ0n) is 6.24. The van der Waals surface area contributed by atoms with Crippen molar-refractivity contribution in [3.63, 3.8) is 0 Å². The largest absolute Gasteiger partial charge is 0.537 e. The summed E-state index contributed by atoms with van der Waals surface area (Å²) in [5.74, 6) is 0. The van der Waals surface area contributed by atoms with Crippen molar-refractivity contribution in [3.05, 3.63) is 0 Å². The number of hydrogen-bond donors (Lipinski definition) is 0. The monoisotopic (exact) mass is 202 g/mol. The van der Waals surface area contributed by atoms with Gasteiger partial charge in [0.2, 0.25) is 0 Å². The molecule has 72 valence electrons. The van der Waals surface area contributed by atoms with Gasteiger partial charge in [-0.25, -0.2) is 4.57 Å². The molecule has 0 radical (unpaired) electrons. The Balaban J connectivity index is 2.41. The molecule has 0 amide bonds. The fourth-order valence-corrected chi connectivity index (χ4v) is 1.88. The Hall–Kier alpha value is -0.0300. The molecule has 0 aliphatic heterocycles. The van der Waals surface area contributed by atoms with Gasteiger partial charge in [0, 0.05) is 0 Å². The van der Waals surface area contributed by atoms with Crippen LogP contribution in [-0.4, -0.2) is 6.10 Å². The summed E-state index contributed by atoms with van der Waals surface area (Å²) in [6, 6.07) is 0. The van der Waals surface area contributed by atoms with E-state index in [0.717, 1.165) is 12.8 Å². The van der Waals surface area contributed by atoms with E-state index in [4.69, 9.17) is 0 Å². The third kappa shape index (κ3) is 2.48. The van der Waals surface area contributed by atoms with E-state index < -0.39 is 13.9 Å². The molecule has 0 N–H and O–H groups in total. The molecule has 0 saturated heterocycles. The molecule has 0 unspecified atom stereocenters. The first-order valence-corrected chi connectivity index (χ1v) is 5.05. The molecule has 0 aromatic carbocycles. The summed E-state index contributed by atoms with van der Waals surface area (Å²) in [4.78, 5) is 0. The standard InChI is InChI=1S/C5H9F2O4P/c6-10-12(8,11-7)9-5-3-1-2-4-5/h5H,1-4H2. The summed E-state index contributed by atoms with van der Waals surface area (Å²) in [6.45, 7) is 0. The first kappa shape index (κ1) is 10.1. The van der Waals surface area contributed by atoms with Gasteiger partial charge < -0.3 is 0 Å². The molecule has 1 fully saturated rings. The van der Waals surface area contributed by atoms with E-state index in [-0.39, 0.29) is 0 Å². The molecule has 1 aliphatic rings. The maximum absolute atomic E-state index is 11.4. The molecule has 7 heteroatoms. The molecule has 0 spiro atoms. The molecule has 0 atom stereocenters. The van der Waals surface area contributed by atoms with Crippen LogP contribution in [0.5, 0.6) is 0 Å². The van der Waals surface area contributed by atoms with Gasteiger partial charge in [0.15, 0.2) is 0 Å². The first-order valence-electron chi connectivity index (χ1n) is 3.59. The van der Waals surface area contributed by atoms with Crippen molar-refractivity contribution in [2.45, 2.75) is 31.8 Å². The van der Waals surface area contributed by atoms with E-state index in [1.54, 1.807) is 0 Å². The van der Waals surface area contributed by atoms with Crippen LogP contribution in [0.15, 0.2) is 0 Å². The third-order valence-corrected chi connectivity index (χ3v) is 2.64. The van der Waals surface area contributed by atoms with E-state index in [1.807, 2.05) is 0 Å². The molecule has 4 nitrogen and oxygen atoms in total. The second-order valence-electron chi connectivity index (χ2n) is 2.60. The minimum absolute atomic E-state index is 0.428. The van der Waals surface area contributed by atoms with Gasteiger partial charge in [-0.15, -0.1) is 0 Å². The van der Waals surface area contributed by atoms with Gasteiger partial charge in [0.25, 0.3) is 0 Å². The molecule has 0 aromatic rings. The fourth-order valence-electron chi connectivity index (χ4n) is 1.22. The van der Waals surface area contributed by atoms with Gasteiger partial charge >= 0.3 is 7.82 Å². The van der Waals surface area contributed by atoms with Crippen LogP contribution < -0.4 is 0 Å². The smallest absolute Gasteiger partial charge is 0.280 e. The van der Waals surface area contributed by atoms with Crippen molar-refractivity contribution in [1.82, 2.24) is 0 Å². The second kappa shape index (κ2) is 4.28. The average Bonchev–Trinajstić information content (AvgIpc) is 2.57. The third-order valence-electron chi connectivity index (χ3n) is 1.75. The highest BCUT2D eigenvalue weighted by Crippen LogP contribution is 2.52. The van der Waals surface area contributed by atoms with Crippen LogP contribution in [0.4, 0.5) is 9.05 Å². The molecule has 0 heterocycles. The minimum atomic E-state index is -4.56. The van der Waals surface area contributed by atoms with E-state index in [9.17, 15) is 13.6 Å². The van der Waals surface area contributed by atoms with Crippen molar-refractivity contribution in [2.75, 3.05) is 0 Å². The zero-order chi connectivity index (χ0) is 9.03. The molecule has 0 aromatic heterocycles. The molecule has 12 heavy (non-hydrogen) atoms. The molecular weight excluding hydrogens is 193 g/mol. The lowest BCUT2D eigenvalue weighted by Gasteiger charge is -2.12. The van der Waals surface area contributed by atoms with Crippen LogP contribution in [0.3, 0.4) is 0 Å². The Bertz CT molecular complexity index is 174. The maximum Gasteiger partial charge on any atom is 0.537 e. The van der Waals surface area contributed by atoms with Gasteiger partial charge in [-0.1, -0.05) is 22.3 Å². The predicted octanol–water partition coefficient (Wildman–Crippen LogP) is 2.86. The van der Waals surface area contributed by atoms with Crippen molar-refractivity contribution in [2.24, 2.45) is 0 Å². The van der Waals surface area contributed by atoms with Crippen LogP contribution >= 0.6 is 7.82 Å². The second-order valence-corrected chi connectivity index (χ2v) is 3.98. The Labute approximate surface area is 68.2 Å². The van der Waals surface area contributed by atoms with Crippen molar-refractivity contribution in [1.29, 1.82) is 0 Å².